The van der Waals surface area contributed by atoms with Crippen molar-refractivity contribution in [2.45, 2.75) is 64.4 Å². The molecular weight excluding hydrogens is 454 g/mol. The van der Waals surface area contributed by atoms with Gasteiger partial charge in [-0.05, 0) is 60.1 Å². The second-order valence-corrected chi connectivity index (χ2v) is 15.2. The highest BCUT2D eigenvalue weighted by molar-refractivity contribution is 6.74. The van der Waals surface area contributed by atoms with Crippen molar-refractivity contribution < 1.29 is 14.0 Å². The van der Waals surface area contributed by atoms with E-state index in [0.29, 0.717) is 18.1 Å². The molecule has 3 rings (SSSR count). The number of amides is 1. The van der Waals surface area contributed by atoms with Gasteiger partial charge in [-0.15, -0.1) is 0 Å². The molecule has 0 aliphatic rings. The van der Waals surface area contributed by atoms with Crippen LogP contribution in [0.2, 0.25) is 23.2 Å². The summed E-state index contributed by atoms with van der Waals surface area (Å²) < 4.78 is 14.7. The molecule has 0 radical (unpaired) electrons. The fourth-order valence-electron chi connectivity index (χ4n) is 3.57. The molecule has 0 spiro atoms. The molecule has 8 heteroatoms. The lowest BCUT2D eigenvalue weighted by molar-refractivity contribution is 0.0994. The Morgan fingerprint density at radius 2 is 1.88 bits per heavy atom. The Morgan fingerprint density at radius 1 is 1.18 bits per heavy atom. The van der Waals surface area contributed by atoms with Gasteiger partial charge in [0.25, 0.3) is 5.91 Å². The van der Waals surface area contributed by atoms with Crippen LogP contribution in [-0.4, -0.2) is 36.5 Å². The van der Waals surface area contributed by atoms with E-state index in [0.717, 1.165) is 16.5 Å². The van der Waals surface area contributed by atoms with Crippen molar-refractivity contribution >= 4 is 36.6 Å². The maximum atomic E-state index is 11.6. The molecule has 0 saturated heterocycles. The highest BCUT2D eigenvalue weighted by Crippen LogP contribution is 2.39. The van der Waals surface area contributed by atoms with Crippen LogP contribution in [0.5, 0.6) is 5.75 Å². The number of ether oxygens (including phenoxy) is 1. The number of halogens is 1. The maximum Gasteiger partial charge on any atom is 0.268 e. The van der Waals surface area contributed by atoms with Crippen molar-refractivity contribution in [1.29, 1.82) is 0 Å². The molecule has 0 aliphatic carbocycles. The Balaban J connectivity index is 1.76. The van der Waals surface area contributed by atoms with Gasteiger partial charge in [0.15, 0.2) is 8.32 Å². The summed E-state index contributed by atoms with van der Waals surface area (Å²) in [6, 6.07) is 11.7. The molecule has 0 bridgehead atoms. The van der Waals surface area contributed by atoms with Crippen molar-refractivity contribution in [3.05, 3.63) is 59.6 Å². The SMILES string of the molecule is C[C@H](O[Si](C)(C)C(C)(C)C)[C@@H](CCOc1ccc2ccc(Cl)cc2c1)n1cnc(C(N)=O)c1. The average Bonchev–Trinajstić information content (AvgIpc) is 3.19. The van der Waals surface area contributed by atoms with E-state index < -0.39 is 14.2 Å². The Bertz CT molecular complexity index is 1120. The number of hydrogen-bond acceptors (Lipinski definition) is 4. The normalized spacial score (nSPS) is 14.3. The summed E-state index contributed by atoms with van der Waals surface area (Å²) in [6.07, 6.45) is 3.92. The quantitative estimate of drug-likeness (QED) is 0.364. The molecule has 2 aromatic carbocycles. The first kappa shape index (κ1) is 25.3. The van der Waals surface area contributed by atoms with E-state index in [-0.39, 0.29) is 22.9 Å². The lowest BCUT2D eigenvalue weighted by Crippen LogP contribution is -2.45. The first-order valence-electron chi connectivity index (χ1n) is 11.2. The third kappa shape index (κ3) is 6.16. The number of fused-ring (bicyclic) bond motifs is 1. The summed E-state index contributed by atoms with van der Waals surface area (Å²) >= 11 is 6.14. The summed E-state index contributed by atoms with van der Waals surface area (Å²) in [7, 11) is -2.00. The van der Waals surface area contributed by atoms with Gasteiger partial charge in [-0.25, -0.2) is 4.98 Å². The fourth-order valence-corrected chi connectivity index (χ4v) is 5.20. The van der Waals surface area contributed by atoms with Crippen molar-refractivity contribution in [3.8, 4) is 5.75 Å². The summed E-state index contributed by atoms with van der Waals surface area (Å²) in [4.78, 5) is 15.7. The minimum Gasteiger partial charge on any atom is -0.493 e. The predicted molar refractivity (Wildman–Crippen MR) is 137 cm³/mol. The van der Waals surface area contributed by atoms with Crippen LogP contribution in [-0.2, 0) is 4.43 Å². The fraction of sp³-hybridized carbons (Fsp3) is 0.440. The molecular formula is C25H34ClN3O3Si. The van der Waals surface area contributed by atoms with Gasteiger partial charge >= 0.3 is 0 Å². The number of benzene rings is 2. The standard InChI is InChI=1S/C25H34ClN3O3Si/c1-17(32-33(5,6)25(2,3)4)23(29-15-22(24(27)30)28-16-29)11-12-31-21-10-8-18-7-9-20(26)13-19(18)14-21/h7-10,13-17,23H,11-12H2,1-6H3,(H2,27,30)/t17-,23+/m0/s1. The molecule has 0 fully saturated rings. The van der Waals surface area contributed by atoms with E-state index in [1.54, 1.807) is 12.5 Å². The monoisotopic (exact) mass is 487 g/mol. The van der Waals surface area contributed by atoms with Gasteiger partial charge in [-0.1, -0.05) is 44.5 Å². The summed E-state index contributed by atoms with van der Waals surface area (Å²) in [5.74, 6) is 0.237. The molecule has 178 valence electrons. The smallest absolute Gasteiger partial charge is 0.268 e. The lowest BCUT2D eigenvalue weighted by atomic mass is 10.1. The highest BCUT2D eigenvalue weighted by atomic mass is 35.5. The van der Waals surface area contributed by atoms with Gasteiger partial charge in [0.1, 0.15) is 11.4 Å². The zero-order valence-electron chi connectivity index (χ0n) is 20.3. The molecule has 0 unspecified atom stereocenters. The number of nitrogens with zero attached hydrogens (tertiary/aromatic N) is 2. The van der Waals surface area contributed by atoms with Crippen LogP contribution >= 0.6 is 11.6 Å². The molecule has 1 heterocycles. The minimum atomic E-state index is -2.00. The highest BCUT2D eigenvalue weighted by Gasteiger charge is 2.40. The van der Waals surface area contributed by atoms with E-state index in [2.05, 4.69) is 45.8 Å². The molecule has 2 atom stereocenters. The van der Waals surface area contributed by atoms with Crippen LogP contribution in [0.3, 0.4) is 0 Å². The number of rotatable bonds is 9. The zero-order chi connectivity index (χ0) is 24.4. The van der Waals surface area contributed by atoms with Crippen LogP contribution in [0.25, 0.3) is 10.8 Å². The molecule has 1 aromatic heterocycles. The minimum absolute atomic E-state index is 0.0605. The lowest BCUT2D eigenvalue weighted by Gasteiger charge is -2.40. The first-order valence-corrected chi connectivity index (χ1v) is 14.5. The third-order valence-corrected chi connectivity index (χ3v) is 11.3. The number of imidazole rings is 1. The molecule has 1 amide bonds. The molecule has 3 aromatic rings. The van der Waals surface area contributed by atoms with Crippen molar-refractivity contribution in [2.24, 2.45) is 5.73 Å². The van der Waals surface area contributed by atoms with Crippen LogP contribution in [0.15, 0.2) is 48.9 Å². The largest absolute Gasteiger partial charge is 0.493 e. The topological polar surface area (TPSA) is 79.4 Å². The molecule has 2 N–H and O–H groups in total. The number of nitrogens with two attached hydrogens (primary N) is 1. The van der Waals surface area contributed by atoms with E-state index in [1.807, 2.05) is 41.0 Å². The molecule has 6 nitrogen and oxygen atoms in total. The van der Waals surface area contributed by atoms with Gasteiger partial charge in [0.2, 0.25) is 0 Å². The van der Waals surface area contributed by atoms with Crippen molar-refractivity contribution in [1.82, 2.24) is 9.55 Å². The Kier molecular flexibility index (Phi) is 7.56. The summed E-state index contributed by atoms with van der Waals surface area (Å²) in [5, 5.41) is 2.93. The van der Waals surface area contributed by atoms with Gasteiger partial charge in [-0.3, -0.25) is 4.79 Å². The zero-order valence-corrected chi connectivity index (χ0v) is 22.0. The molecule has 33 heavy (non-hydrogen) atoms. The van der Waals surface area contributed by atoms with Gasteiger partial charge in [0, 0.05) is 17.6 Å². The number of primary amides is 1. The number of carbonyl (C=O) groups is 1. The van der Waals surface area contributed by atoms with Gasteiger partial charge in [-0.2, -0.15) is 0 Å². The van der Waals surface area contributed by atoms with E-state index in [4.69, 9.17) is 26.5 Å². The Labute approximate surface area is 202 Å². The second-order valence-electron chi connectivity index (χ2n) is 10.0. The number of hydrogen-bond donors (Lipinski definition) is 1. The summed E-state index contributed by atoms with van der Waals surface area (Å²) in [6.45, 7) is 13.7. The van der Waals surface area contributed by atoms with Crippen molar-refractivity contribution in [3.63, 3.8) is 0 Å². The Hall–Kier alpha value is -2.35. The van der Waals surface area contributed by atoms with Crippen LogP contribution in [0, 0.1) is 0 Å². The summed E-state index contributed by atoms with van der Waals surface area (Å²) in [5.41, 5.74) is 5.66. The Morgan fingerprint density at radius 3 is 2.52 bits per heavy atom. The first-order chi connectivity index (χ1) is 15.4. The number of carbonyl (C=O) groups excluding carboxylic acids is 1. The van der Waals surface area contributed by atoms with Gasteiger partial charge in [0.05, 0.1) is 25.1 Å². The predicted octanol–water partition coefficient (Wildman–Crippen LogP) is 6.21. The molecule has 0 saturated carbocycles. The van der Waals surface area contributed by atoms with E-state index in [9.17, 15) is 4.79 Å². The average molecular weight is 488 g/mol. The number of aromatic nitrogens is 2. The second kappa shape index (κ2) is 9.87. The van der Waals surface area contributed by atoms with Crippen molar-refractivity contribution in [2.75, 3.05) is 6.61 Å². The van der Waals surface area contributed by atoms with Crippen LogP contribution < -0.4 is 10.5 Å². The van der Waals surface area contributed by atoms with E-state index >= 15 is 0 Å². The van der Waals surface area contributed by atoms with Crippen LogP contribution in [0.4, 0.5) is 0 Å². The molecule has 0 aliphatic heterocycles. The third-order valence-electron chi connectivity index (χ3n) is 6.52. The maximum absolute atomic E-state index is 11.6. The van der Waals surface area contributed by atoms with E-state index in [1.165, 1.54) is 0 Å². The van der Waals surface area contributed by atoms with Gasteiger partial charge < -0.3 is 19.5 Å². The van der Waals surface area contributed by atoms with Crippen LogP contribution in [0.1, 0.15) is 50.6 Å².